The van der Waals surface area contributed by atoms with Gasteiger partial charge in [0.2, 0.25) is 10.0 Å². The number of nitrogens with one attached hydrogen (secondary N) is 1. The van der Waals surface area contributed by atoms with Gasteiger partial charge in [-0.05, 0) is 30.7 Å². The van der Waals surface area contributed by atoms with Gasteiger partial charge in [0.1, 0.15) is 16.4 Å². The standard InChI is InChI=1S/C13H17NO5S2/c1-11-8-12(4-3-5-15)10-13(9-11)14-21(18,19)7-6-20(2,16)17/h8-10,14-15H,5-7H2,1-2H3. The fraction of sp³-hybridized carbons (Fsp3) is 0.385. The van der Waals surface area contributed by atoms with Gasteiger partial charge in [-0.2, -0.15) is 0 Å². The zero-order valence-corrected chi connectivity index (χ0v) is 13.4. The van der Waals surface area contributed by atoms with Crippen molar-refractivity contribution >= 4 is 25.5 Å². The molecule has 8 heteroatoms. The van der Waals surface area contributed by atoms with Crippen molar-refractivity contribution in [3.05, 3.63) is 29.3 Å². The molecule has 1 aromatic carbocycles. The van der Waals surface area contributed by atoms with E-state index in [-0.39, 0.29) is 6.61 Å². The second kappa shape index (κ2) is 6.93. The zero-order valence-electron chi connectivity index (χ0n) is 11.8. The highest BCUT2D eigenvalue weighted by Gasteiger charge is 2.14. The molecule has 0 atom stereocenters. The average Bonchev–Trinajstić information content (AvgIpc) is 2.32. The molecule has 0 amide bonds. The minimum Gasteiger partial charge on any atom is -0.384 e. The second-order valence-corrected chi connectivity index (χ2v) is 8.70. The SMILES string of the molecule is Cc1cc(C#CCO)cc(NS(=O)(=O)CCS(C)(=O)=O)c1. The van der Waals surface area contributed by atoms with Crippen LogP contribution in [0.5, 0.6) is 0 Å². The fourth-order valence-corrected chi connectivity index (χ4v) is 4.22. The predicted octanol–water partition coefficient (Wildman–Crippen LogP) is 0.125. The molecule has 0 aliphatic heterocycles. The van der Waals surface area contributed by atoms with E-state index < -0.39 is 31.4 Å². The maximum Gasteiger partial charge on any atom is 0.233 e. The summed E-state index contributed by atoms with van der Waals surface area (Å²) in [6.45, 7) is 1.49. The monoisotopic (exact) mass is 331 g/mol. The first-order valence-electron chi connectivity index (χ1n) is 6.01. The quantitative estimate of drug-likeness (QED) is 0.747. The number of hydrogen-bond donors (Lipinski definition) is 2. The molecule has 2 N–H and O–H groups in total. The summed E-state index contributed by atoms with van der Waals surface area (Å²) in [4.78, 5) is 0. The van der Waals surface area contributed by atoms with Crippen molar-refractivity contribution in [2.45, 2.75) is 6.92 Å². The number of sulfone groups is 1. The van der Waals surface area contributed by atoms with Crippen molar-refractivity contribution in [2.75, 3.05) is 29.1 Å². The van der Waals surface area contributed by atoms with Crippen molar-refractivity contribution in [3.63, 3.8) is 0 Å². The maximum absolute atomic E-state index is 11.8. The summed E-state index contributed by atoms with van der Waals surface area (Å²) in [7, 11) is -7.10. The minimum absolute atomic E-state index is 0.288. The van der Waals surface area contributed by atoms with Gasteiger partial charge in [0.25, 0.3) is 0 Å². The number of benzene rings is 1. The Morgan fingerprint density at radius 2 is 1.81 bits per heavy atom. The topological polar surface area (TPSA) is 101 Å². The number of sulfonamides is 1. The van der Waals surface area contributed by atoms with Gasteiger partial charge in [0.15, 0.2) is 0 Å². The smallest absolute Gasteiger partial charge is 0.233 e. The first-order chi connectivity index (χ1) is 9.61. The Labute approximate surface area is 125 Å². The summed E-state index contributed by atoms with van der Waals surface area (Å²) in [5.41, 5.74) is 1.66. The normalized spacial score (nSPS) is 11.6. The molecule has 0 saturated carbocycles. The molecule has 21 heavy (non-hydrogen) atoms. The molecule has 0 spiro atoms. The van der Waals surface area contributed by atoms with Crippen LogP contribution in [0.1, 0.15) is 11.1 Å². The second-order valence-electron chi connectivity index (χ2n) is 4.60. The predicted molar refractivity (Wildman–Crippen MR) is 82.3 cm³/mol. The third-order valence-corrected chi connectivity index (χ3v) is 4.88. The van der Waals surface area contributed by atoms with Gasteiger partial charge in [-0.25, -0.2) is 16.8 Å². The molecule has 0 heterocycles. The van der Waals surface area contributed by atoms with Gasteiger partial charge in [-0.1, -0.05) is 11.8 Å². The number of aryl methyl sites for hydroxylation is 1. The molecule has 0 unspecified atom stereocenters. The van der Waals surface area contributed by atoms with Crippen LogP contribution >= 0.6 is 0 Å². The van der Waals surface area contributed by atoms with Gasteiger partial charge >= 0.3 is 0 Å². The van der Waals surface area contributed by atoms with Crippen LogP contribution in [0.2, 0.25) is 0 Å². The molecule has 0 aliphatic carbocycles. The van der Waals surface area contributed by atoms with Gasteiger partial charge in [-0.15, -0.1) is 0 Å². The summed E-state index contributed by atoms with van der Waals surface area (Å²) in [5.74, 6) is 4.22. The van der Waals surface area contributed by atoms with Gasteiger partial charge in [0, 0.05) is 17.5 Å². The number of aliphatic hydroxyl groups excluding tert-OH is 1. The van der Waals surface area contributed by atoms with E-state index in [1.54, 1.807) is 19.1 Å². The van der Waals surface area contributed by atoms with Crippen LogP contribution in [0.3, 0.4) is 0 Å². The van der Waals surface area contributed by atoms with Crippen LogP contribution in [-0.4, -0.2) is 46.3 Å². The molecule has 0 saturated heterocycles. The lowest BCUT2D eigenvalue weighted by Crippen LogP contribution is -2.22. The number of rotatable bonds is 5. The molecular weight excluding hydrogens is 314 g/mol. The Bertz CT molecular complexity index is 771. The molecule has 116 valence electrons. The largest absolute Gasteiger partial charge is 0.384 e. The molecule has 0 aliphatic rings. The van der Waals surface area contributed by atoms with Crippen LogP contribution in [0.25, 0.3) is 0 Å². The highest BCUT2D eigenvalue weighted by Crippen LogP contribution is 2.15. The van der Waals surface area contributed by atoms with E-state index in [2.05, 4.69) is 16.6 Å². The summed E-state index contributed by atoms with van der Waals surface area (Å²) in [6.07, 6.45) is 0.984. The Hall–Kier alpha value is -1.56. The highest BCUT2D eigenvalue weighted by atomic mass is 32.2. The van der Waals surface area contributed by atoms with Crippen LogP contribution in [-0.2, 0) is 19.9 Å². The molecule has 1 aromatic rings. The fourth-order valence-electron chi connectivity index (χ4n) is 1.55. The lowest BCUT2D eigenvalue weighted by atomic mass is 10.1. The molecule has 1 rings (SSSR count). The highest BCUT2D eigenvalue weighted by molar-refractivity contribution is 7.95. The van der Waals surface area contributed by atoms with Gasteiger partial charge < -0.3 is 5.11 Å². The van der Waals surface area contributed by atoms with Crippen molar-refractivity contribution in [2.24, 2.45) is 0 Å². The Balaban J connectivity index is 2.94. The lowest BCUT2D eigenvalue weighted by molar-refractivity contribution is 0.350. The summed E-state index contributed by atoms with van der Waals surface area (Å²) >= 11 is 0. The summed E-state index contributed by atoms with van der Waals surface area (Å²) < 4.78 is 48.0. The Kier molecular flexibility index (Phi) is 5.78. The molecule has 0 radical (unpaired) electrons. The van der Waals surface area contributed by atoms with Crippen LogP contribution in [0.4, 0.5) is 5.69 Å². The van der Waals surface area contributed by atoms with E-state index in [4.69, 9.17) is 5.11 Å². The van der Waals surface area contributed by atoms with Gasteiger partial charge in [-0.3, -0.25) is 4.72 Å². The van der Waals surface area contributed by atoms with Crippen LogP contribution < -0.4 is 4.72 Å². The number of aliphatic hydroxyl groups is 1. The minimum atomic E-state index is -3.75. The van der Waals surface area contributed by atoms with Crippen molar-refractivity contribution in [1.82, 2.24) is 0 Å². The number of hydrogen-bond acceptors (Lipinski definition) is 5. The third kappa shape index (κ3) is 7.13. The van der Waals surface area contributed by atoms with Crippen molar-refractivity contribution in [1.29, 1.82) is 0 Å². The van der Waals surface area contributed by atoms with E-state index in [1.807, 2.05) is 0 Å². The molecular formula is C13H17NO5S2. The van der Waals surface area contributed by atoms with E-state index in [0.29, 0.717) is 11.3 Å². The van der Waals surface area contributed by atoms with E-state index in [1.165, 1.54) is 6.07 Å². The average molecular weight is 331 g/mol. The molecule has 0 bridgehead atoms. The molecule has 0 fully saturated rings. The lowest BCUT2D eigenvalue weighted by Gasteiger charge is -2.09. The van der Waals surface area contributed by atoms with E-state index in [0.717, 1.165) is 11.8 Å². The molecule has 0 aromatic heterocycles. The maximum atomic E-state index is 11.8. The first kappa shape index (κ1) is 17.5. The summed E-state index contributed by atoms with van der Waals surface area (Å²) in [6, 6.07) is 4.88. The Morgan fingerprint density at radius 3 is 2.38 bits per heavy atom. The van der Waals surface area contributed by atoms with Crippen LogP contribution in [0.15, 0.2) is 18.2 Å². The number of anilines is 1. The molecule has 6 nitrogen and oxygen atoms in total. The third-order valence-electron chi connectivity index (χ3n) is 2.39. The van der Waals surface area contributed by atoms with E-state index >= 15 is 0 Å². The van der Waals surface area contributed by atoms with Gasteiger partial charge in [0.05, 0.1) is 11.5 Å². The van der Waals surface area contributed by atoms with Crippen LogP contribution in [0, 0.1) is 18.8 Å². The zero-order chi connectivity index (χ0) is 16.1. The first-order valence-corrected chi connectivity index (χ1v) is 9.72. The van der Waals surface area contributed by atoms with E-state index in [9.17, 15) is 16.8 Å². The summed E-state index contributed by atoms with van der Waals surface area (Å²) in [5, 5.41) is 8.66. The van der Waals surface area contributed by atoms with Crippen molar-refractivity contribution < 1.29 is 21.9 Å². The van der Waals surface area contributed by atoms with Crippen molar-refractivity contribution in [3.8, 4) is 11.8 Å². The Morgan fingerprint density at radius 1 is 1.14 bits per heavy atom.